The molecule has 1 aromatic heterocycles. The summed E-state index contributed by atoms with van der Waals surface area (Å²) in [5.74, 6) is -0.368. The molecule has 0 atom stereocenters. The van der Waals surface area contributed by atoms with Crippen molar-refractivity contribution in [3.63, 3.8) is 0 Å². The predicted molar refractivity (Wildman–Crippen MR) is 96.1 cm³/mol. The smallest absolute Gasteiger partial charge is 0.294 e. The highest BCUT2D eigenvalue weighted by molar-refractivity contribution is 7.89. The van der Waals surface area contributed by atoms with Crippen molar-refractivity contribution in [1.82, 2.24) is 9.88 Å². The SMILES string of the molecule is Cc1cc(C(=O)Nc2ccc(S(=O)(=O)NCc3ccccc3)cc2)on1. The van der Waals surface area contributed by atoms with Crippen LogP contribution in [0.4, 0.5) is 5.69 Å². The second-order valence-electron chi connectivity index (χ2n) is 5.62. The molecule has 8 heteroatoms. The van der Waals surface area contributed by atoms with Crippen molar-refractivity contribution in [3.8, 4) is 0 Å². The minimum absolute atomic E-state index is 0.0868. The van der Waals surface area contributed by atoms with E-state index in [-0.39, 0.29) is 17.2 Å². The molecule has 0 saturated carbocycles. The number of hydrogen-bond acceptors (Lipinski definition) is 5. The van der Waals surface area contributed by atoms with Gasteiger partial charge in [0.2, 0.25) is 15.8 Å². The van der Waals surface area contributed by atoms with Crippen LogP contribution in [0, 0.1) is 6.92 Å². The molecule has 0 unspecified atom stereocenters. The lowest BCUT2D eigenvalue weighted by Crippen LogP contribution is -2.23. The molecule has 0 saturated heterocycles. The molecular formula is C18H17N3O4S. The summed E-state index contributed by atoms with van der Waals surface area (Å²) in [6.07, 6.45) is 0. The van der Waals surface area contributed by atoms with Gasteiger partial charge in [0.1, 0.15) is 0 Å². The first-order valence-corrected chi connectivity index (χ1v) is 9.31. The van der Waals surface area contributed by atoms with Crippen LogP contribution in [0.2, 0.25) is 0 Å². The summed E-state index contributed by atoms with van der Waals surface area (Å²) >= 11 is 0. The van der Waals surface area contributed by atoms with E-state index in [4.69, 9.17) is 4.52 Å². The van der Waals surface area contributed by atoms with Crippen LogP contribution in [0.15, 0.2) is 70.1 Å². The second-order valence-corrected chi connectivity index (χ2v) is 7.39. The fourth-order valence-electron chi connectivity index (χ4n) is 2.24. The van der Waals surface area contributed by atoms with E-state index in [1.165, 1.54) is 30.3 Å². The van der Waals surface area contributed by atoms with Crippen molar-refractivity contribution < 1.29 is 17.7 Å². The van der Waals surface area contributed by atoms with E-state index < -0.39 is 15.9 Å². The molecule has 2 aromatic carbocycles. The molecule has 1 amide bonds. The quantitative estimate of drug-likeness (QED) is 0.694. The van der Waals surface area contributed by atoms with Gasteiger partial charge in [0, 0.05) is 18.3 Å². The van der Waals surface area contributed by atoms with Gasteiger partial charge >= 0.3 is 0 Å². The Hall–Kier alpha value is -2.97. The maximum absolute atomic E-state index is 12.3. The molecular weight excluding hydrogens is 354 g/mol. The van der Waals surface area contributed by atoms with Crippen LogP contribution in [0.25, 0.3) is 0 Å². The van der Waals surface area contributed by atoms with Gasteiger partial charge in [-0.15, -0.1) is 0 Å². The second kappa shape index (κ2) is 7.51. The molecule has 26 heavy (non-hydrogen) atoms. The average Bonchev–Trinajstić information content (AvgIpc) is 3.08. The van der Waals surface area contributed by atoms with Gasteiger partial charge in [-0.25, -0.2) is 13.1 Å². The Morgan fingerprint density at radius 3 is 2.38 bits per heavy atom. The predicted octanol–water partition coefficient (Wildman–Crippen LogP) is 2.71. The van der Waals surface area contributed by atoms with Crippen LogP contribution in [-0.4, -0.2) is 19.5 Å². The van der Waals surface area contributed by atoms with Gasteiger partial charge < -0.3 is 9.84 Å². The minimum atomic E-state index is -3.64. The summed E-state index contributed by atoms with van der Waals surface area (Å²) in [4.78, 5) is 12.1. The van der Waals surface area contributed by atoms with Crippen LogP contribution in [0.5, 0.6) is 0 Å². The van der Waals surface area contributed by atoms with E-state index in [1.54, 1.807) is 6.92 Å². The molecule has 0 spiro atoms. The number of sulfonamides is 1. The average molecular weight is 371 g/mol. The maximum atomic E-state index is 12.3. The largest absolute Gasteiger partial charge is 0.351 e. The summed E-state index contributed by atoms with van der Waals surface area (Å²) in [6, 6.07) is 16.6. The molecule has 134 valence electrons. The summed E-state index contributed by atoms with van der Waals surface area (Å²) < 4.78 is 32.1. The van der Waals surface area contributed by atoms with Crippen molar-refractivity contribution in [2.45, 2.75) is 18.4 Å². The first-order chi connectivity index (χ1) is 12.4. The Bertz CT molecular complexity index is 996. The number of amides is 1. The summed E-state index contributed by atoms with van der Waals surface area (Å²) in [7, 11) is -3.64. The third kappa shape index (κ3) is 4.35. The van der Waals surface area contributed by atoms with Gasteiger partial charge in [-0.3, -0.25) is 4.79 Å². The molecule has 3 aromatic rings. The molecule has 0 aliphatic carbocycles. The van der Waals surface area contributed by atoms with Gasteiger partial charge in [0.05, 0.1) is 10.6 Å². The molecule has 7 nitrogen and oxygen atoms in total. The fourth-order valence-corrected chi connectivity index (χ4v) is 3.26. The fraction of sp³-hybridized carbons (Fsp3) is 0.111. The standard InChI is InChI=1S/C18H17N3O4S/c1-13-11-17(25-21-13)18(22)20-15-7-9-16(10-8-15)26(23,24)19-12-14-5-3-2-4-6-14/h2-11,19H,12H2,1H3,(H,20,22). The van der Waals surface area contributed by atoms with Gasteiger partial charge in [0.15, 0.2) is 0 Å². The Morgan fingerprint density at radius 2 is 1.77 bits per heavy atom. The van der Waals surface area contributed by atoms with Gasteiger partial charge in [-0.05, 0) is 36.8 Å². The number of anilines is 1. The molecule has 0 bridgehead atoms. The number of carbonyl (C=O) groups excluding carboxylic acids is 1. The number of aryl methyl sites for hydroxylation is 1. The first-order valence-electron chi connectivity index (χ1n) is 7.82. The Balaban J connectivity index is 1.65. The number of aromatic nitrogens is 1. The van der Waals surface area contributed by atoms with E-state index in [1.807, 2.05) is 30.3 Å². The number of carbonyl (C=O) groups is 1. The highest BCUT2D eigenvalue weighted by atomic mass is 32.2. The van der Waals surface area contributed by atoms with Crippen LogP contribution >= 0.6 is 0 Å². The normalized spacial score (nSPS) is 11.3. The third-order valence-corrected chi connectivity index (χ3v) is 5.00. The topological polar surface area (TPSA) is 101 Å². The highest BCUT2D eigenvalue weighted by Gasteiger charge is 2.15. The molecule has 1 heterocycles. The zero-order valence-corrected chi connectivity index (χ0v) is 14.8. The van der Waals surface area contributed by atoms with Gasteiger partial charge in [-0.1, -0.05) is 35.5 Å². The third-order valence-electron chi connectivity index (χ3n) is 3.58. The maximum Gasteiger partial charge on any atom is 0.294 e. The van der Waals surface area contributed by atoms with Crippen molar-refractivity contribution in [2.75, 3.05) is 5.32 Å². The lowest BCUT2D eigenvalue weighted by molar-refractivity contribution is 0.0988. The molecule has 0 fully saturated rings. The van der Waals surface area contributed by atoms with E-state index in [9.17, 15) is 13.2 Å². The Labute approximate surface area is 151 Å². The van der Waals surface area contributed by atoms with E-state index in [2.05, 4.69) is 15.2 Å². The van der Waals surface area contributed by atoms with Crippen LogP contribution in [-0.2, 0) is 16.6 Å². The monoisotopic (exact) mass is 371 g/mol. The lowest BCUT2D eigenvalue weighted by Gasteiger charge is -2.08. The Kier molecular flexibility index (Phi) is 5.15. The van der Waals surface area contributed by atoms with E-state index >= 15 is 0 Å². The highest BCUT2D eigenvalue weighted by Crippen LogP contribution is 2.16. The molecule has 2 N–H and O–H groups in total. The van der Waals surface area contributed by atoms with Crippen molar-refractivity contribution in [2.24, 2.45) is 0 Å². The number of nitrogens with zero attached hydrogens (tertiary/aromatic N) is 1. The molecule has 0 radical (unpaired) electrons. The Morgan fingerprint density at radius 1 is 1.08 bits per heavy atom. The van der Waals surface area contributed by atoms with Gasteiger partial charge in [-0.2, -0.15) is 0 Å². The van der Waals surface area contributed by atoms with E-state index in [0.717, 1.165) is 5.56 Å². The molecule has 0 aliphatic rings. The number of benzene rings is 2. The zero-order chi connectivity index (χ0) is 18.6. The van der Waals surface area contributed by atoms with Crippen LogP contribution in [0.3, 0.4) is 0 Å². The summed E-state index contributed by atoms with van der Waals surface area (Å²) in [6.45, 7) is 1.91. The van der Waals surface area contributed by atoms with Crippen molar-refractivity contribution >= 4 is 21.6 Å². The van der Waals surface area contributed by atoms with Gasteiger partial charge in [0.25, 0.3) is 5.91 Å². The lowest BCUT2D eigenvalue weighted by atomic mass is 10.2. The molecule has 0 aliphatic heterocycles. The summed E-state index contributed by atoms with van der Waals surface area (Å²) in [5.41, 5.74) is 1.91. The van der Waals surface area contributed by atoms with Crippen LogP contribution < -0.4 is 10.0 Å². The minimum Gasteiger partial charge on any atom is -0.351 e. The van der Waals surface area contributed by atoms with E-state index in [0.29, 0.717) is 11.4 Å². The number of hydrogen-bond donors (Lipinski definition) is 2. The zero-order valence-electron chi connectivity index (χ0n) is 14.0. The number of rotatable bonds is 6. The summed E-state index contributed by atoms with van der Waals surface area (Å²) in [5, 5.41) is 6.27. The van der Waals surface area contributed by atoms with Crippen molar-refractivity contribution in [3.05, 3.63) is 77.7 Å². The van der Waals surface area contributed by atoms with Crippen molar-refractivity contribution in [1.29, 1.82) is 0 Å². The first kappa shape index (κ1) is 17.8. The van der Waals surface area contributed by atoms with Crippen LogP contribution in [0.1, 0.15) is 21.8 Å². The number of nitrogens with one attached hydrogen (secondary N) is 2. The molecule has 3 rings (SSSR count).